The number of hydrogen-bond acceptors (Lipinski definition) is 3. The molecule has 0 radical (unpaired) electrons. The maximum absolute atomic E-state index is 12.5. The zero-order chi connectivity index (χ0) is 20.1. The van der Waals surface area contributed by atoms with Gasteiger partial charge in [0.1, 0.15) is 5.75 Å². The normalized spacial score (nSPS) is 11.8. The first-order chi connectivity index (χ1) is 14.2. The van der Waals surface area contributed by atoms with Crippen LogP contribution in [0.5, 0.6) is 5.75 Å². The number of benzene rings is 3. The molecule has 1 N–H and O–H groups in total. The SMILES string of the molecule is C[C@@H](Oc1ccc2ccccc2c1)C(=O)Nc1ccc(Cc2ccncc2)cc1. The molecule has 0 unspecified atom stereocenters. The number of carbonyl (C=O) groups excluding carboxylic acids is 1. The molecule has 1 atom stereocenters. The molecule has 0 bridgehead atoms. The summed E-state index contributed by atoms with van der Waals surface area (Å²) in [6, 6.07) is 25.8. The Morgan fingerprint density at radius 2 is 1.59 bits per heavy atom. The Kier molecular flexibility index (Phi) is 5.52. The van der Waals surface area contributed by atoms with Gasteiger partial charge in [-0.15, -0.1) is 0 Å². The molecule has 4 heteroatoms. The maximum atomic E-state index is 12.5. The topological polar surface area (TPSA) is 51.2 Å². The van der Waals surface area contributed by atoms with Crippen LogP contribution in [0.15, 0.2) is 91.3 Å². The fraction of sp³-hybridized carbons (Fsp3) is 0.120. The molecule has 0 saturated heterocycles. The average molecular weight is 382 g/mol. The predicted octanol–water partition coefficient (Wildman–Crippen LogP) is 5.23. The molecule has 1 amide bonds. The highest BCUT2D eigenvalue weighted by Gasteiger charge is 2.15. The summed E-state index contributed by atoms with van der Waals surface area (Å²) in [4.78, 5) is 16.5. The number of amides is 1. The second kappa shape index (κ2) is 8.57. The third-order valence-electron chi connectivity index (χ3n) is 4.78. The molecule has 29 heavy (non-hydrogen) atoms. The van der Waals surface area contributed by atoms with Crippen molar-refractivity contribution in [2.45, 2.75) is 19.4 Å². The zero-order valence-electron chi connectivity index (χ0n) is 16.2. The van der Waals surface area contributed by atoms with Crippen molar-refractivity contribution in [1.29, 1.82) is 0 Å². The molecule has 0 saturated carbocycles. The standard InChI is InChI=1S/C25H22N2O2/c1-18(29-24-11-8-21-4-2-3-5-22(21)17-24)25(28)27-23-9-6-19(7-10-23)16-20-12-14-26-15-13-20/h2-15,17-18H,16H2,1H3,(H,27,28)/t18-/m1/s1. The number of carbonyl (C=O) groups is 1. The van der Waals surface area contributed by atoms with E-state index in [0.29, 0.717) is 5.75 Å². The first-order valence-electron chi connectivity index (χ1n) is 9.61. The highest BCUT2D eigenvalue weighted by Crippen LogP contribution is 2.22. The number of ether oxygens (including phenoxy) is 1. The van der Waals surface area contributed by atoms with Crippen molar-refractivity contribution in [2.24, 2.45) is 0 Å². The summed E-state index contributed by atoms with van der Waals surface area (Å²) >= 11 is 0. The molecule has 3 aromatic carbocycles. The van der Waals surface area contributed by atoms with Crippen LogP contribution in [-0.4, -0.2) is 17.0 Å². The third-order valence-corrected chi connectivity index (χ3v) is 4.78. The van der Waals surface area contributed by atoms with Crippen LogP contribution in [-0.2, 0) is 11.2 Å². The monoisotopic (exact) mass is 382 g/mol. The Balaban J connectivity index is 1.36. The summed E-state index contributed by atoms with van der Waals surface area (Å²) in [6.45, 7) is 1.75. The van der Waals surface area contributed by atoms with Crippen LogP contribution >= 0.6 is 0 Å². The van der Waals surface area contributed by atoms with Gasteiger partial charge in [0.25, 0.3) is 5.91 Å². The molecule has 144 valence electrons. The summed E-state index contributed by atoms with van der Waals surface area (Å²) in [6.07, 6.45) is 3.81. The molecule has 1 heterocycles. The van der Waals surface area contributed by atoms with Gasteiger partial charge in [-0.05, 0) is 71.6 Å². The maximum Gasteiger partial charge on any atom is 0.265 e. The van der Waals surface area contributed by atoms with Crippen LogP contribution in [0, 0.1) is 0 Å². The van der Waals surface area contributed by atoms with E-state index in [2.05, 4.69) is 10.3 Å². The van der Waals surface area contributed by atoms with Crippen LogP contribution in [0.25, 0.3) is 10.8 Å². The third kappa shape index (κ3) is 4.79. The molecular formula is C25H22N2O2. The van der Waals surface area contributed by atoms with Crippen molar-refractivity contribution >= 4 is 22.4 Å². The highest BCUT2D eigenvalue weighted by atomic mass is 16.5. The number of aromatic nitrogens is 1. The first-order valence-corrected chi connectivity index (χ1v) is 9.61. The van der Waals surface area contributed by atoms with E-state index in [9.17, 15) is 4.79 Å². The lowest BCUT2D eigenvalue weighted by Crippen LogP contribution is -2.30. The van der Waals surface area contributed by atoms with E-state index >= 15 is 0 Å². The van der Waals surface area contributed by atoms with Crippen LogP contribution < -0.4 is 10.1 Å². The fourth-order valence-electron chi connectivity index (χ4n) is 3.18. The van der Waals surface area contributed by atoms with Crippen molar-refractivity contribution in [3.8, 4) is 5.75 Å². The van der Waals surface area contributed by atoms with Crippen LogP contribution in [0.3, 0.4) is 0 Å². The number of fused-ring (bicyclic) bond motifs is 1. The highest BCUT2D eigenvalue weighted by molar-refractivity contribution is 5.94. The van der Waals surface area contributed by atoms with Crippen molar-refractivity contribution in [3.63, 3.8) is 0 Å². The molecule has 4 nitrogen and oxygen atoms in total. The summed E-state index contributed by atoms with van der Waals surface area (Å²) in [7, 11) is 0. The lowest BCUT2D eigenvalue weighted by Gasteiger charge is -2.15. The van der Waals surface area contributed by atoms with Gasteiger partial charge in [0, 0.05) is 18.1 Å². The summed E-state index contributed by atoms with van der Waals surface area (Å²) < 4.78 is 5.84. The Morgan fingerprint density at radius 1 is 0.897 bits per heavy atom. The molecule has 0 aliphatic carbocycles. The van der Waals surface area contributed by atoms with Gasteiger partial charge in [0.15, 0.2) is 6.10 Å². The zero-order valence-corrected chi connectivity index (χ0v) is 16.2. The first kappa shape index (κ1) is 18.7. The van der Waals surface area contributed by atoms with E-state index in [0.717, 1.165) is 22.9 Å². The Labute approximate surface area is 170 Å². The summed E-state index contributed by atoms with van der Waals surface area (Å²) in [5.74, 6) is 0.499. The van der Waals surface area contributed by atoms with Gasteiger partial charge in [-0.25, -0.2) is 0 Å². The largest absolute Gasteiger partial charge is 0.481 e. The van der Waals surface area contributed by atoms with Gasteiger partial charge in [-0.2, -0.15) is 0 Å². The van der Waals surface area contributed by atoms with E-state index in [1.807, 2.05) is 78.9 Å². The average Bonchev–Trinajstić information content (AvgIpc) is 2.76. The molecule has 0 aliphatic heterocycles. The van der Waals surface area contributed by atoms with Gasteiger partial charge in [-0.3, -0.25) is 9.78 Å². The van der Waals surface area contributed by atoms with Gasteiger partial charge >= 0.3 is 0 Å². The predicted molar refractivity (Wildman–Crippen MR) is 116 cm³/mol. The Morgan fingerprint density at radius 3 is 2.34 bits per heavy atom. The summed E-state index contributed by atoms with van der Waals surface area (Å²) in [5.41, 5.74) is 3.13. The van der Waals surface area contributed by atoms with E-state index in [1.54, 1.807) is 19.3 Å². The molecule has 0 fully saturated rings. The van der Waals surface area contributed by atoms with Gasteiger partial charge in [0.2, 0.25) is 0 Å². The van der Waals surface area contributed by atoms with Crippen molar-refractivity contribution < 1.29 is 9.53 Å². The van der Waals surface area contributed by atoms with E-state index in [4.69, 9.17) is 4.74 Å². The second-order valence-corrected chi connectivity index (χ2v) is 6.99. The minimum atomic E-state index is -0.604. The number of hydrogen-bond donors (Lipinski definition) is 1. The molecule has 0 aliphatic rings. The summed E-state index contributed by atoms with van der Waals surface area (Å²) in [5, 5.41) is 5.14. The van der Waals surface area contributed by atoms with E-state index < -0.39 is 6.10 Å². The number of anilines is 1. The van der Waals surface area contributed by atoms with Crippen LogP contribution in [0.1, 0.15) is 18.1 Å². The molecule has 4 aromatic rings. The number of nitrogens with one attached hydrogen (secondary N) is 1. The second-order valence-electron chi connectivity index (χ2n) is 6.99. The number of pyridine rings is 1. The van der Waals surface area contributed by atoms with Crippen LogP contribution in [0.2, 0.25) is 0 Å². The minimum Gasteiger partial charge on any atom is -0.481 e. The number of rotatable bonds is 6. The Hall–Kier alpha value is -3.66. The lowest BCUT2D eigenvalue weighted by atomic mass is 10.1. The lowest BCUT2D eigenvalue weighted by molar-refractivity contribution is -0.122. The molecule has 0 spiro atoms. The quantitative estimate of drug-likeness (QED) is 0.497. The van der Waals surface area contributed by atoms with Crippen molar-refractivity contribution in [3.05, 3.63) is 102 Å². The number of nitrogens with zero attached hydrogens (tertiary/aromatic N) is 1. The Bertz CT molecular complexity index is 1110. The molecule has 1 aromatic heterocycles. The van der Waals surface area contributed by atoms with Gasteiger partial charge in [0.05, 0.1) is 0 Å². The van der Waals surface area contributed by atoms with Gasteiger partial charge in [-0.1, -0.05) is 42.5 Å². The smallest absolute Gasteiger partial charge is 0.265 e. The van der Waals surface area contributed by atoms with E-state index in [-0.39, 0.29) is 5.91 Å². The van der Waals surface area contributed by atoms with Crippen molar-refractivity contribution in [1.82, 2.24) is 4.98 Å². The van der Waals surface area contributed by atoms with Crippen molar-refractivity contribution in [2.75, 3.05) is 5.32 Å². The molecular weight excluding hydrogens is 360 g/mol. The fourth-order valence-corrected chi connectivity index (χ4v) is 3.18. The minimum absolute atomic E-state index is 0.181. The molecule has 4 rings (SSSR count). The van der Waals surface area contributed by atoms with Crippen LogP contribution in [0.4, 0.5) is 5.69 Å². The van der Waals surface area contributed by atoms with Gasteiger partial charge < -0.3 is 10.1 Å². The van der Waals surface area contributed by atoms with E-state index in [1.165, 1.54) is 11.1 Å².